The maximum absolute atomic E-state index is 11.9. The fourth-order valence-corrected chi connectivity index (χ4v) is 2.62. The maximum atomic E-state index is 11.9. The van der Waals surface area contributed by atoms with Crippen molar-refractivity contribution in [3.05, 3.63) is 0 Å². The summed E-state index contributed by atoms with van der Waals surface area (Å²) in [7, 11) is 0. The van der Waals surface area contributed by atoms with Gasteiger partial charge < -0.3 is 10.6 Å². The summed E-state index contributed by atoms with van der Waals surface area (Å²) in [4.78, 5) is 13.3. The average molecular weight is 265 g/mol. The van der Waals surface area contributed by atoms with Gasteiger partial charge in [0.15, 0.2) is 0 Å². The number of amides is 1. The van der Waals surface area contributed by atoms with E-state index in [-0.39, 0.29) is 6.54 Å². The predicted octanol–water partition coefficient (Wildman–Crippen LogP) is 0.491. The Morgan fingerprint density at radius 3 is 2.72 bits per heavy atom. The zero-order valence-electron chi connectivity index (χ0n) is 10.1. The summed E-state index contributed by atoms with van der Waals surface area (Å²) in [5, 5.41) is 5.37. The number of alkyl halides is 3. The lowest BCUT2D eigenvalue weighted by molar-refractivity contribution is -0.139. The Kier molecular flexibility index (Phi) is 4.11. The highest BCUT2D eigenvalue weighted by molar-refractivity contribution is 5.78. The average Bonchev–Trinajstić information content (AvgIpc) is 2.59. The fraction of sp³-hybridized carbons (Fsp3) is 0.909. The number of fused-ring (bicyclic) bond motifs is 2. The van der Waals surface area contributed by atoms with E-state index in [2.05, 4.69) is 5.32 Å². The van der Waals surface area contributed by atoms with Gasteiger partial charge in [-0.2, -0.15) is 13.2 Å². The second kappa shape index (κ2) is 5.44. The number of carbonyl (C=O) groups is 1. The lowest BCUT2D eigenvalue weighted by Crippen LogP contribution is -2.43. The summed E-state index contributed by atoms with van der Waals surface area (Å²) >= 11 is 0. The molecule has 2 aliphatic heterocycles. The molecule has 4 nitrogen and oxygen atoms in total. The zero-order valence-corrected chi connectivity index (χ0v) is 10.1. The SMILES string of the molecule is O=C(CN1CCC2CCC(C1)N2)NCC(F)(F)F. The van der Waals surface area contributed by atoms with Gasteiger partial charge in [-0.3, -0.25) is 9.69 Å². The first kappa shape index (κ1) is 13.6. The molecule has 0 aromatic heterocycles. The summed E-state index contributed by atoms with van der Waals surface area (Å²) in [5.74, 6) is -0.551. The molecule has 18 heavy (non-hydrogen) atoms. The number of hydrogen-bond acceptors (Lipinski definition) is 3. The number of nitrogens with one attached hydrogen (secondary N) is 2. The van der Waals surface area contributed by atoms with Crippen molar-refractivity contribution in [1.29, 1.82) is 0 Å². The quantitative estimate of drug-likeness (QED) is 0.780. The number of likely N-dealkylation sites (tertiary alicyclic amines) is 1. The third kappa shape index (κ3) is 4.13. The van der Waals surface area contributed by atoms with Crippen molar-refractivity contribution < 1.29 is 18.0 Å². The summed E-state index contributed by atoms with van der Waals surface area (Å²) in [6, 6.07) is 0.895. The summed E-state index contributed by atoms with van der Waals surface area (Å²) in [6.07, 6.45) is -1.12. The Balaban J connectivity index is 1.74. The standard InChI is InChI=1S/C11H18F3N3O/c12-11(13,14)7-15-10(18)6-17-4-3-8-1-2-9(5-17)16-8/h8-9,16H,1-7H2,(H,15,18). The first-order valence-electron chi connectivity index (χ1n) is 6.24. The molecule has 2 bridgehead atoms. The molecule has 0 spiro atoms. The van der Waals surface area contributed by atoms with E-state index in [0.717, 1.165) is 25.9 Å². The van der Waals surface area contributed by atoms with Gasteiger partial charge >= 0.3 is 6.18 Å². The molecule has 2 aliphatic rings. The molecule has 0 radical (unpaired) electrons. The highest BCUT2D eigenvalue weighted by Gasteiger charge is 2.31. The van der Waals surface area contributed by atoms with Crippen LogP contribution >= 0.6 is 0 Å². The van der Waals surface area contributed by atoms with Gasteiger partial charge in [0, 0.05) is 25.2 Å². The molecule has 2 N–H and O–H groups in total. The number of nitrogens with zero attached hydrogens (tertiary/aromatic N) is 1. The second-order valence-electron chi connectivity index (χ2n) is 5.05. The van der Waals surface area contributed by atoms with Crippen molar-refractivity contribution in [2.45, 2.75) is 37.5 Å². The van der Waals surface area contributed by atoms with E-state index >= 15 is 0 Å². The molecule has 2 unspecified atom stereocenters. The summed E-state index contributed by atoms with van der Waals surface area (Å²) < 4.78 is 35.8. The van der Waals surface area contributed by atoms with E-state index < -0.39 is 18.6 Å². The topological polar surface area (TPSA) is 44.4 Å². The number of carbonyl (C=O) groups excluding carboxylic acids is 1. The van der Waals surface area contributed by atoms with Crippen LogP contribution in [0.15, 0.2) is 0 Å². The summed E-state index contributed by atoms with van der Waals surface area (Å²) in [6.45, 7) is 0.328. The molecule has 0 aliphatic carbocycles. The lowest BCUT2D eigenvalue weighted by Gasteiger charge is -2.23. The van der Waals surface area contributed by atoms with Gasteiger partial charge in [0.2, 0.25) is 5.91 Å². The van der Waals surface area contributed by atoms with Crippen molar-refractivity contribution in [2.75, 3.05) is 26.2 Å². The molecule has 0 saturated carbocycles. The first-order valence-corrected chi connectivity index (χ1v) is 6.24. The van der Waals surface area contributed by atoms with Gasteiger partial charge in [0.05, 0.1) is 6.54 Å². The van der Waals surface area contributed by atoms with E-state index in [9.17, 15) is 18.0 Å². The Hall–Kier alpha value is -0.820. The summed E-state index contributed by atoms with van der Waals surface area (Å²) in [5.41, 5.74) is 0. The van der Waals surface area contributed by atoms with E-state index in [1.165, 1.54) is 6.42 Å². The highest BCUT2D eigenvalue weighted by Crippen LogP contribution is 2.20. The van der Waals surface area contributed by atoms with Crippen LogP contribution in [-0.2, 0) is 4.79 Å². The normalized spacial score (nSPS) is 29.1. The van der Waals surface area contributed by atoms with Crippen molar-refractivity contribution in [1.82, 2.24) is 15.5 Å². The number of rotatable bonds is 3. The molecule has 2 rings (SSSR count). The maximum Gasteiger partial charge on any atom is 0.405 e. The molecule has 104 valence electrons. The van der Waals surface area contributed by atoms with Gasteiger partial charge in [-0.25, -0.2) is 0 Å². The van der Waals surface area contributed by atoms with Gasteiger partial charge in [-0.1, -0.05) is 0 Å². The van der Waals surface area contributed by atoms with Gasteiger partial charge in [0.25, 0.3) is 0 Å². The monoisotopic (exact) mass is 265 g/mol. The molecule has 2 fully saturated rings. The van der Waals surface area contributed by atoms with Crippen molar-refractivity contribution in [2.24, 2.45) is 0 Å². The van der Waals surface area contributed by atoms with Crippen LogP contribution in [-0.4, -0.2) is 55.2 Å². The van der Waals surface area contributed by atoms with Crippen LogP contribution < -0.4 is 10.6 Å². The largest absolute Gasteiger partial charge is 0.405 e. The molecule has 2 heterocycles. The van der Waals surface area contributed by atoms with E-state index in [0.29, 0.717) is 12.1 Å². The fourth-order valence-electron chi connectivity index (χ4n) is 2.62. The minimum Gasteiger partial charge on any atom is -0.346 e. The predicted molar refractivity (Wildman–Crippen MR) is 60.1 cm³/mol. The third-order valence-electron chi connectivity index (χ3n) is 3.46. The zero-order chi connectivity index (χ0) is 13.2. The molecule has 1 amide bonds. The van der Waals surface area contributed by atoms with Gasteiger partial charge in [-0.05, 0) is 19.3 Å². The van der Waals surface area contributed by atoms with E-state index in [1.807, 2.05) is 10.2 Å². The second-order valence-corrected chi connectivity index (χ2v) is 5.05. The van der Waals surface area contributed by atoms with Crippen LogP contribution in [0.25, 0.3) is 0 Å². The van der Waals surface area contributed by atoms with Crippen LogP contribution in [0.3, 0.4) is 0 Å². The Bertz CT molecular complexity index is 308. The Morgan fingerprint density at radius 1 is 1.28 bits per heavy atom. The Labute approximate surface area is 104 Å². The molecular weight excluding hydrogens is 247 g/mol. The lowest BCUT2D eigenvalue weighted by atomic mass is 10.1. The van der Waals surface area contributed by atoms with E-state index in [1.54, 1.807) is 0 Å². The smallest absolute Gasteiger partial charge is 0.346 e. The van der Waals surface area contributed by atoms with Crippen molar-refractivity contribution in [3.8, 4) is 0 Å². The van der Waals surface area contributed by atoms with Crippen molar-refractivity contribution >= 4 is 5.91 Å². The van der Waals surface area contributed by atoms with Crippen molar-refractivity contribution in [3.63, 3.8) is 0 Å². The van der Waals surface area contributed by atoms with Crippen LogP contribution in [0, 0.1) is 0 Å². The molecule has 2 saturated heterocycles. The molecule has 7 heteroatoms. The van der Waals surface area contributed by atoms with Crippen LogP contribution in [0.1, 0.15) is 19.3 Å². The third-order valence-corrected chi connectivity index (χ3v) is 3.46. The van der Waals surface area contributed by atoms with Crippen LogP contribution in [0.4, 0.5) is 13.2 Å². The molecule has 2 atom stereocenters. The van der Waals surface area contributed by atoms with E-state index in [4.69, 9.17) is 0 Å². The van der Waals surface area contributed by atoms with Crippen LogP contribution in [0.2, 0.25) is 0 Å². The molecular formula is C11H18F3N3O. The minimum atomic E-state index is -4.34. The number of hydrogen-bond donors (Lipinski definition) is 2. The Morgan fingerprint density at radius 2 is 2.00 bits per heavy atom. The number of halogens is 3. The molecule has 0 aromatic carbocycles. The minimum absolute atomic E-state index is 0.0565. The molecule has 0 aromatic rings. The van der Waals surface area contributed by atoms with Gasteiger partial charge in [-0.15, -0.1) is 0 Å². The highest BCUT2D eigenvalue weighted by atomic mass is 19.4. The van der Waals surface area contributed by atoms with Crippen LogP contribution in [0.5, 0.6) is 0 Å². The van der Waals surface area contributed by atoms with Gasteiger partial charge in [0.1, 0.15) is 6.54 Å². The first-order chi connectivity index (χ1) is 8.42.